The van der Waals surface area contributed by atoms with E-state index in [9.17, 15) is 9.59 Å². The largest absolute Gasteiger partial charge is 0.335 e. The van der Waals surface area contributed by atoms with Crippen LogP contribution in [0.25, 0.3) is 0 Å². The minimum absolute atomic E-state index is 0.0740. The Bertz CT molecular complexity index is 817. The molecule has 4 nitrogen and oxygen atoms in total. The summed E-state index contributed by atoms with van der Waals surface area (Å²) in [6.45, 7) is 4.71. The molecule has 1 fully saturated rings. The van der Waals surface area contributed by atoms with Crippen LogP contribution in [0.1, 0.15) is 29.5 Å². The van der Waals surface area contributed by atoms with Crippen molar-refractivity contribution in [2.45, 2.75) is 39.3 Å². The number of hydrogen-bond acceptors (Lipinski definition) is 3. The molecule has 0 radical (unpaired) electrons. The number of benzene rings is 2. The van der Waals surface area contributed by atoms with Gasteiger partial charge >= 0.3 is 0 Å². The third kappa shape index (κ3) is 6.14. The lowest BCUT2D eigenvalue weighted by atomic mass is 10.1. The third-order valence-corrected chi connectivity index (χ3v) is 5.42. The van der Waals surface area contributed by atoms with Crippen LogP contribution in [-0.2, 0) is 16.1 Å². The average Bonchev–Trinajstić information content (AvgIpc) is 3.44. The molecule has 0 heterocycles. The lowest BCUT2D eigenvalue weighted by Gasteiger charge is -2.22. The van der Waals surface area contributed by atoms with Gasteiger partial charge in [-0.25, -0.2) is 0 Å². The summed E-state index contributed by atoms with van der Waals surface area (Å²) in [6.07, 6.45) is 2.16. The minimum atomic E-state index is -0.0740. The summed E-state index contributed by atoms with van der Waals surface area (Å²) in [4.78, 5) is 26.7. The minimum Gasteiger partial charge on any atom is -0.335 e. The number of anilines is 1. The van der Waals surface area contributed by atoms with Crippen LogP contribution in [0.4, 0.5) is 5.69 Å². The zero-order valence-electron chi connectivity index (χ0n) is 15.9. The second-order valence-corrected chi connectivity index (χ2v) is 8.14. The van der Waals surface area contributed by atoms with E-state index in [-0.39, 0.29) is 17.6 Å². The predicted octanol–water partition coefficient (Wildman–Crippen LogP) is 4.17. The van der Waals surface area contributed by atoms with Crippen LogP contribution in [0.15, 0.2) is 48.5 Å². The number of rotatable bonds is 8. The lowest BCUT2D eigenvalue weighted by Crippen LogP contribution is -2.34. The standard InChI is InChI=1S/C22H26N2O2S/c1-16-5-3-7-18(11-16)13-24(20-9-10-20)22(26)15-27-14-21(25)23-19-8-4-6-17(2)12-19/h3-8,11-12,20H,9-10,13-15H2,1-2H3,(H,23,25). The Morgan fingerprint density at radius 2 is 1.74 bits per heavy atom. The molecular weight excluding hydrogens is 356 g/mol. The van der Waals surface area contributed by atoms with E-state index in [1.807, 2.05) is 42.2 Å². The van der Waals surface area contributed by atoms with Crippen LogP contribution in [0, 0.1) is 13.8 Å². The molecule has 142 valence electrons. The zero-order valence-corrected chi connectivity index (χ0v) is 16.7. The molecule has 2 amide bonds. The first kappa shape index (κ1) is 19.5. The summed E-state index contributed by atoms with van der Waals surface area (Å²) in [5.74, 6) is 0.661. The molecule has 2 aromatic rings. The van der Waals surface area contributed by atoms with Gasteiger partial charge in [-0.1, -0.05) is 42.0 Å². The third-order valence-electron chi connectivity index (χ3n) is 4.50. The zero-order chi connectivity index (χ0) is 19.2. The molecule has 0 spiro atoms. The van der Waals surface area contributed by atoms with Gasteiger partial charge in [-0.15, -0.1) is 11.8 Å². The molecule has 27 heavy (non-hydrogen) atoms. The predicted molar refractivity (Wildman–Crippen MR) is 112 cm³/mol. The molecule has 1 N–H and O–H groups in total. The molecule has 2 aromatic carbocycles. The highest BCUT2D eigenvalue weighted by Crippen LogP contribution is 2.29. The van der Waals surface area contributed by atoms with Crippen molar-refractivity contribution in [3.8, 4) is 0 Å². The molecular formula is C22H26N2O2S. The Morgan fingerprint density at radius 1 is 1.04 bits per heavy atom. The SMILES string of the molecule is Cc1cccc(CN(C(=O)CSCC(=O)Nc2cccc(C)c2)C2CC2)c1. The van der Waals surface area contributed by atoms with Crippen molar-refractivity contribution in [3.63, 3.8) is 0 Å². The van der Waals surface area contributed by atoms with E-state index in [0.29, 0.717) is 18.3 Å². The van der Waals surface area contributed by atoms with Gasteiger partial charge in [-0.3, -0.25) is 9.59 Å². The quantitative estimate of drug-likeness (QED) is 0.746. The molecule has 0 aromatic heterocycles. The molecule has 1 aliphatic carbocycles. The first-order valence-electron chi connectivity index (χ1n) is 9.30. The van der Waals surface area contributed by atoms with E-state index in [1.165, 1.54) is 17.3 Å². The van der Waals surface area contributed by atoms with E-state index >= 15 is 0 Å². The molecule has 1 saturated carbocycles. The smallest absolute Gasteiger partial charge is 0.234 e. The van der Waals surface area contributed by atoms with Crippen LogP contribution < -0.4 is 5.32 Å². The van der Waals surface area contributed by atoms with Crippen molar-refractivity contribution < 1.29 is 9.59 Å². The van der Waals surface area contributed by atoms with Gasteiger partial charge in [0.15, 0.2) is 0 Å². The summed E-state index contributed by atoms with van der Waals surface area (Å²) in [7, 11) is 0. The van der Waals surface area contributed by atoms with E-state index < -0.39 is 0 Å². The Labute approximate surface area is 165 Å². The molecule has 0 bridgehead atoms. The average molecular weight is 383 g/mol. The Hall–Kier alpha value is -2.27. The maximum absolute atomic E-state index is 12.7. The van der Waals surface area contributed by atoms with E-state index in [4.69, 9.17) is 0 Å². The first-order chi connectivity index (χ1) is 13.0. The molecule has 0 saturated heterocycles. The van der Waals surface area contributed by atoms with Crippen molar-refractivity contribution in [3.05, 3.63) is 65.2 Å². The number of nitrogens with zero attached hydrogens (tertiary/aromatic N) is 1. The van der Waals surface area contributed by atoms with Gasteiger partial charge in [0.2, 0.25) is 11.8 Å². The van der Waals surface area contributed by atoms with Crippen molar-refractivity contribution in [2.75, 3.05) is 16.8 Å². The molecule has 0 aliphatic heterocycles. The highest BCUT2D eigenvalue weighted by Gasteiger charge is 2.32. The Balaban J connectivity index is 1.47. The fraction of sp³-hybridized carbons (Fsp3) is 0.364. The van der Waals surface area contributed by atoms with E-state index in [0.717, 1.165) is 29.7 Å². The monoisotopic (exact) mass is 382 g/mol. The number of carbonyl (C=O) groups excluding carboxylic acids is 2. The van der Waals surface area contributed by atoms with Crippen LogP contribution >= 0.6 is 11.8 Å². The number of thioether (sulfide) groups is 1. The lowest BCUT2D eigenvalue weighted by molar-refractivity contribution is -0.129. The Morgan fingerprint density at radius 3 is 2.41 bits per heavy atom. The molecule has 1 aliphatic rings. The van der Waals surface area contributed by atoms with Gasteiger partial charge in [-0.05, 0) is 49.9 Å². The van der Waals surface area contributed by atoms with Gasteiger partial charge in [0, 0.05) is 18.3 Å². The summed E-state index contributed by atoms with van der Waals surface area (Å²) >= 11 is 1.38. The normalized spacial score (nSPS) is 13.3. The number of hydrogen-bond donors (Lipinski definition) is 1. The number of amides is 2. The van der Waals surface area contributed by atoms with Gasteiger partial charge in [0.05, 0.1) is 11.5 Å². The highest BCUT2D eigenvalue weighted by atomic mass is 32.2. The molecule has 3 rings (SSSR count). The van der Waals surface area contributed by atoms with Gasteiger partial charge in [-0.2, -0.15) is 0 Å². The van der Waals surface area contributed by atoms with E-state index in [2.05, 4.69) is 30.4 Å². The fourth-order valence-corrected chi connectivity index (χ4v) is 3.75. The van der Waals surface area contributed by atoms with Gasteiger partial charge in [0.1, 0.15) is 0 Å². The molecule has 0 unspecified atom stereocenters. The molecule has 5 heteroatoms. The van der Waals surface area contributed by atoms with Crippen LogP contribution in [0.3, 0.4) is 0 Å². The summed E-state index contributed by atoms with van der Waals surface area (Å²) in [6, 6.07) is 16.4. The van der Waals surface area contributed by atoms with Gasteiger partial charge in [0.25, 0.3) is 0 Å². The number of aryl methyl sites for hydroxylation is 2. The molecule has 0 atom stereocenters. The number of carbonyl (C=O) groups is 2. The van der Waals surface area contributed by atoms with Crippen molar-refractivity contribution >= 4 is 29.3 Å². The second kappa shape index (κ2) is 9.09. The van der Waals surface area contributed by atoms with Crippen LogP contribution in [0.2, 0.25) is 0 Å². The maximum Gasteiger partial charge on any atom is 0.234 e. The number of nitrogens with one attached hydrogen (secondary N) is 1. The highest BCUT2D eigenvalue weighted by molar-refractivity contribution is 8.00. The maximum atomic E-state index is 12.7. The summed E-state index contributed by atoms with van der Waals surface area (Å²) in [5, 5.41) is 2.88. The fourth-order valence-electron chi connectivity index (χ4n) is 3.05. The first-order valence-corrected chi connectivity index (χ1v) is 10.5. The van der Waals surface area contributed by atoms with Crippen molar-refractivity contribution in [2.24, 2.45) is 0 Å². The van der Waals surface area contributed by atoms with Crippen LogP contribution in [0.5, 0.6) is 0 Å². The van der Waals surface area contributed by atoms with E-state index in [1.54, 1.807) is 0 Å². The van der Waals surface area contributed by atoms with Crippen molar-refractivity contribution in [1.82, 2.24) is 4.90 Å². The summed E-state index contributed by atoms with van der Waals surface area (Å²) < 4.78 is 0. The van der Waals surface area contributed by atoms with Crippen LogP contribution in [-0.4, -0.2) is 34.3 Å². The van der Waals surface area contributed by atoms with Gasteiger partial charge < -0.3 is 10.2 Å². The topological polar surface area (TPSA) is 49.4 Å². The van der Waals surface area contributed by atoms with Crippen molar-refractivity contribution in [1.29, 1.82) is 0 Å². The summed E-state index contributed by atoms with van der Waals surface area (Å²) in [5.41, 5.74) is 4.27. The Kier molecular flexibility index (Phi) is 6.56. The second-order valence-electron chi connectivity index (χ2n) is 7.15.